The Morgan fingerprint density at radius 2 is 1.76 bits per heavy atom. The predicted octanol–water partition coefficient (Wildman–Crippen LogP) is 2.88. The van der Waals surface area contributed by atoms with Crippen molar-refractivity contribution in [2.24, 2.45) is 0 Å². The molecule has 2 aromatic rings. The Bertz CT molecular complexity index is 812. The number of carbonyl (C=O) groups is 2. The minimum Gasteiger partial charge on any atom is -0.544 e. The van der Waals surface area contributed by atoms with Crippen molar-refractivity contribution in [3.63, 3.8) is 0 Å². The monoisotopic (exact) mass is 573 g/mol. The summed E-state index contributed by atoms with van der Waals surface area (Å²) in [6.07, 6.45) is -2.40. The van der Waals surface area contributed by atoms with Crippen molar-refractivity contribution in [2.45, 2.75) is 12.0 Å². The second-order valence-electron chi connectivity index (χ2n) is 4.89. The molecule has 0 bridgehead atoms. The summed E-state index contributed by atoms with van der Waals surface area (Å²) in [5.74, 6) is -8.84. The summed E-state index contributed by atoms with van der Waals surface area (Å²) in [5, 5.41) is 20.8. The van der Waals surface area contributed by atoms with Crippen LogP contribution in [0.25, 0.3) is 0 Å². The van der Waals surface area contributed by atoms with Gasteiger partial charge in [0.25, 0.3) is 0 Å². The van der Waals surface area contributed by atoms with Crippen LogP contribution in [0, 0.1) is 7.14 Å². The molecule has 2 rings (SSSR count). The lowest BCUT2D eigenvalue weighted by Gasteiger charge is -2.27. The van der Waals surface area contributed by atoms with Gasteiger partial charge in [0, 0.05) is 3.57 Å². The lowest BCUT2D eigenvalue weighted by molar-refractivity contribution is -0.336. The van der Waals surface area contributed by atoms with E-state index < -0.39 is 29.7 Å². The molecule has 2 aromatic carbocycles. The third-order valence-electron chi connectivity index (χ3n) is 3.18. The lowest BCUT2D eigenvalue weighted by atomic mass is 10.0. The number of phenolic OH excluding ortho intramolecular Hbond substituents is 1. The molecule has 0 aliphatic heterocycles. The molecular formula is C16H9F2I2O5-. The van der Waals surface area contributed by atoms with Crippen LogP contribution in [0.5, 0.6) is 5.75 Å². The fourth-order valence-electron chi connectivity index (χ4n) is 1.98. The van der Waals surface area contributed by atoms with E-state index in [1.54, 1.807) is 28.7 Å². The van der Waals surface area contributed by atoms with Gasteiger partial charge in [-0.1, -0.05) is 30.3 Å². The number of carbonyl (C=O) groups excluding carboxylic acids is 2. The van der Waals surface area contributed by atoms with Crippen LogP contribution in [0.4, 0.5) is 8.78 Å². The number of phenols is 1. The number of esters is 1. The molecule has 5 nitrogen and oxygen atoms in total. The van der Waals surface area contributed by atoms with Gasteiger partial charge in [-0.25, -0.2) is 4.79 Å². The molecule has 0 radical (unpaired) electrons. The zero-order chi connectivity index (χ0) is 18.8. The molecule has 1 N–H and O–H groups in total. The quantitative estimate of drug-likeness (QED) is 0.440. The van der Waals surface area contributed by atoms with Gasteiger partial charge in [0.2, 0.25) is 0 Å². The number of benzene rings is 2. The average Bonchev–Trinajstić information content (AvgIpc) is 2.56. The van der Waals surface area contributed by atoms with E-state index in [0.29, 0.717) is 7.14 Å². The van der Waals surface area contributed by atoms with Crippen LogP contribution in [0.3, 0.4) is 0 Å². The molecule has 0 fully saturated rings. The fraction of sp³-hybridized carbons (Fsp3) is 0.125. The number of rotatable bonds is 5. The van der Waals surface area contributed by atoms with Gasteiger partial charge in [0.05, 0.1) is 3.57 Å². The number of carboxylic acids is 1. The normalized spacial score (nSPS) is 12.5. The summed E-state index contributed by atoms with van der Waals surface area (Å²) in [7, 11) is 0. The molecule has 9 heteroatoms. The van der Waals surface area contributed by atoms with Crippen LogP contribution in [0.15, 0.2) is 42.5 Å². The van der Waals surface area contributed by atoms with Gasteiger partial charge >= 0.3 is 11.9 Å². The second kappa shape index (κ2) is 7.81. The third kappa shape index (κ3) is 4.37. The van der Waals surface area contributed by atoms with Gasteiger partial charge in [-0.2, -0.15) is 8.78 Å². The number of aliphatic carboxylic acids is 1. The number of hydrogen-bond acceptors (Lipinski definition) is 5. The van der Waals surface area contributed by atoms with Crippen LogP contribution in [0.2, 0.25) is 0 Å². The maximum Gasteiger partial charge on any atom is 0.342 e. The molecule has 0 saturated carbocycles. The molecule has 1 atom stereocenters. The first-order valence-corrected chi connectivity index (χ1v) is 8.83. The molecule has 0 amide bonds. The number of aromatic hydroxyl groups is 1. The first-order chi connectivity index (χ1) is 11.6. The van der Waals surface area contributed by atoms with Crippen molar-refractivity contribution in [1.29, 1.82) is 0 Å². The predicted molar refractivity (Wildman–Crippen MR) is 98.1 cm³/mol. The molecule has 0 spiro atoms. The summed E-state index contributed by atoms with van der Waals surface area (Å²) < 4.78 is 33.7. The highest BCUT2D eigenvalue weighted by molar-refractivity contribution is 14.1. The second-order valence-corrected chi connectivity index (χ2v) is 7.30. The van der Waals surface area contributed by atoms with Crippen LogP contribution in [-0.4, -0.2) is 23.0 Å². The van der Waals surface area contributed by atoms with Crippen molar-refractivity contribution >= 4 is 57.1 Å². The first kappa shape index (κ1) is 19.8. The van der Waals surface area contributed by atoms with E-state index in [4.69, 9.17) is 4.74 Å². The Morgan fingerprint density at radius 1 is 1.16 bits per heavy atom. The lowest BCUT2D eigenvalue weighted by Crippen LogP contribution is -2.47. The molecule has 0 aromatic heterocycles. The Hall–Kier alpha value is -1.50. The van der Waals surface area contributed by atoms with Crippen molar-refractivity contribution in [1.82, 2.24) is 0 Å². The van der Waals surface area contributed by atoms with E-state index in [2.05, 4.69) is 0 Å². The molecule has 1 unspecified atom stereocenters. The Kier molecular flexibility index (Phi) is 6.19. The van der Waals surface area contributed by atoms with Gasteiger partial charge in [0.15, 0.2) is 6.10 Å². The highest BCUT2D eigenvalue weighted by Crippen LogP contribution is 2.36. The molecule has 0 heterocycles. The standard InChI is InChI=1S/C16H10F2I2O5/c17-16(18,15(23)24)13(8-4-2-1-3-5-8)25-14(22)10-6-9(19)7-11(20)12(10)21/h1-7,13,21H,(H,23,24)/p-1. The van der Waals surface area contributed by atoms with Gasteiger partial charge in [-0.3, -0.25) is 0 Å². The minimum atomic E-state index is -4.46. The highest BCUT2D eigenvalue weighted by atomic mass is 127. The summed E-state index contributed by atoms with van der Waals surface area (Å²) in [4.78, 5) is 23.1. The van der Waals surface area contributed by atoms with Crippen LogP contribution in [-0.2, 0) is 9.53 Å². The maximum absolute atomic E-state index is 14.0. The number of hydrogen-bond donors (Lipinski definition) is 1. The molecule has 0 saturated heterocycles. The zero-order valence-corrected chi connectivity index (χ0v) is 16.5. The Morgan fingerprint density at radius 3 is 2.32 bits per heavy atom. The smallest absolute Gasteiger partial charge is 0.342 e. The number of ether oxygens (including phenoxy) is 1. The summed E-state index contributed by atoms with van der Waals surface area (Å²) in [6.45, 7) is 0. The summed E-state index contributed by atoms with van der Waals surface area (Å²) in [5.41, 5.74) is -0.559. The summed E-state index contributed by atoms with van der Waals surface area (Å²) in [6, 6.07) is 9.55. The maximum atomic E-state index is 14.0. The largest absolute Gasteiger partial charge is 0.544 e. The summed E-state index contributed by atoms with van der Waals surface area (Å²) >= 11 is 3.64. The van der Waals surface area contributed by atoms with Gasteiger partial charge < -0.3 is 19.7 Å². The topological polar surface area (TPSA) is 86.7 Å². The zero-order valence-electron chi connectivity index (χ0n) is 12.2. The molecular weight excluding hydrogens is 564 g/mol. The van der Waals surface area contributed by atoms with E-state index >= 15 is 0 Å². The number of halogens is 4. The van der Waals surface area contributed by atoms with E-state index in [1.807, 2.05) is 22.6 Å². The van der Waals surface area contributed by atoms with E-state index in [1.165, 1.54) is 36.4 Å². The SMILES string of the molecule is O=C(OC(c1ccccc1)C(F)(F)C(=O)[O-])c1cc(I)cc(I)c1O. The van der Waals surface area contributed by atoms with Gasteiger partial charge in [-0.15, -0.1) is 0 Å². The number of carboxylic acid groups (broad SMARTS) is 1. The van der Waals surface area contributed by atoms with Crippen molar-refractivity contribution in [3.05, 3.63) is 60.7 Å². The van der Waals surface area contributed by atoms with Crippen LogP contribution >= 0.6 is 45.2 Å². The molecule has 132 valence electrons. The van der Waals surface area contributed by atoms with E-state index in [0.717, 1.165) is 0 Å². The van der Waals surface area contributed by atoms with Gasteiger partial charge in [-0.05, 0) is 62.9 Å². The van der Waals surface area contributed by atoms with Crippen molar-refractivity contribution in [3.8, 4) is 5.75 Å². The number of alkyl halides is 2. The Labute approximate surface area is 168 Å². The average molecular weight is 573 g/mol. The van der Waals surface area contributed by atoms with E-state index in [-0.39, 0.29) is 11.1 Å². The highest BCUT2D eigenvalue weighted by Gasteiger charge is 2.45. The Balaban J connectivity index is 2.44. The fourth-order valence-corrected chi connectivity index (χ4v) is 3.82. The van der Waals surface area contributed by atoms with Crippen LogP contribution in [0.1, 0.15) is 22.0 Å². The first-order valence-electron chi connectivity index (χ1n) is 6.67. The molecule has 0 aliphatic carbocycles. The van der Waals surface area contributed by atoms with E-state index in [9.17, 15) is 28.6 Å². The van der Waals surface area contributed by atoms with Crippen molar-refractivity contribution in [2.75, 3.05) is 0 Å². The van der Waals surface area contributed by atoms with Crippen LogP contribution < -0.4 is 5.11 Å². The van der Waals surface area contributed by atoms with Crippen molar-refractivity contribution < 1.29 is 33.3 Å². The molecule has 25 heavy (non-hydrogen) atoms. The molecule has 0 aliphatic rings. The third-order valence-corrected chi connectivity index (χ3v) is 4.62. The minimum absolute atomic E-state index is 0.218. The van der Waals surface area contributed by atoms with Gasteiger partial charge in [0.1, 0.15) is 17.3 Å².